The second-order valence-corrected chi connectivity index (χ2v) is 4.64. The first-order valence-electron chi connectivity index (χ1n) is 5.13. The van der Waals surface area contributed by atoms with E-state index in [0.717, 1.165) is 5.56 Å². The number of anilines is 2. The Hall–Kier alpha value is -1.63. The fraction of sp³-hybridized carbons (Fsp3) is 0.0833. The maximum absolute atomic E-state index is 13.4. The maximum atomic E-state index is 13.4. The van der Waals surface area contributed by atoms with Gasteiger partial charge in [-0.25, -0.2) is 0 Å². The van der Waals surface area contributed by atoms with Gasteiger partial charge in [0.2, 0.25) is 11.6 Å². The summed E-state index contributed by atoms with van der Waals surface area (Å²) in [6.45, 7) is 1.82. The van der Waals surface area contributed by atoms with Crippen LogP contribution in [-0.2, 0) is 0 Å². The molecule has 1 heterocycles. The van der Waals surface area contributed by atoms with E-state index in [1.807, 2.05) is 6.92 Å². The normalized spacial score (nSPS) is 10.6. The molecule has 7 heteroatoms. The summed E-state index contributed by atoms with van der Waals surface area (Å²) < 4.78 is 53.3. The third kappa shape index (κ3) is 2.70. The zero-order valence-electron chi connectivity index (χ0n) is 9.57. The minimum absolute atomic E-state index is 0.278. The molecule has 0 bridgehead atoms. The third-order valence-corrected chi connectivity index (χ3v) is 3.29. The summed E-state index contributed by atoms with van der Waals surface area (Å²) in [6, 6.07) is 4.73. The minimum atomic E-state index is -1.70. The molecule has 1 N–H and O–H groups in total. The van der Waals surface area contributed by atoms with E-state index in [1.54, 1.807) is 6.07 Å². The predicted octanol–water partition coefficient (Wildman–Crippen LogP) is 4.45. The topological polar surface area (TPSA) is 24.9 Å². The average Bonchev–Trinajstić information content (AvgIpc) is 2.36. The molecule has 0 amide bonds. The van der Waals surface area contributed by atoms with Gasteiger partial charge in [0.05, 0.1) is 0 Å². The third-order valence-electron chi connectivity index (χ3n) is 2.44. The van der Waals surface area contributed by atoms with Crippen molar-refractivity contribution in [3.8, 4) is 0 Å². The van der Waals surface area contributed by atoms with Crippen LogP contribution in [0.1, 0.15) is 5.56 Å². The van der Waals surface area contributed by atoms with Crippen molar-refractivity contribution in [2.45, 2.75) is 6.92 Å². The first-order chi connectivity index (χ1) is 8.90. The van der Waals surface area contributed by atoms with Gasteiger partial charge in [0.15, 0.2) is 0 Å². The molecule has 100 valence electrons. The second-order valence-electron chi connectivity index (χ2n) is 3.79. The molecule has 0 unspecified atom stereocenters. The van der Waals surface area contributed by atoms with E-state index >= 15 is 0 Å². The molecule has 2 aromatic rings. The molecule has 1 aromatic heterocycles. The monoisotopic (exact) mass is 334 g/mol. The number of benzene rings is 1. The molecule has 0 radical (unpaired) electrons. The lowest BCUT2D eigenvalue weighted by Gasteiger charge is -2.10. The minimum Gasteiger partial charge on any atom is -0.350 e. The van der Waals surface area contributed by atoms with Gasteiger partial charge >= 0.3 is 0 Å². The number of hydrogen-bond acceptors (Lipinski definition) is 2. The summed E-state index contributed by atoms with van der Waals surface area (Å²) in [5.74, 6) is -6.55. The molecule has 0 aliphatic carbocycles. The van der Waals surface area contributed by atoms with Crippen LogP contribution in [0.2, 0.25) is 0 Å². The zero-order valence-corrected chi connectivity index (χ0v) is 11.2. The van der Waals surface area contributed by atoms with E-state index in [2.05, 4.69) is 26.2 Å². The van der Waals surface area contributed by atoms with E-state index in [9.17, 15) is 17.6 Å². The van der Waals surface area contributed by atoms with E-state index in [0.29, 0.717) is 4.47 Å². The van der Waals surface area contributed by atoms with E-state index in [1.165, 1.54) is 12.1 Å². The van der Waals surface area contributed by atoms with Gasteiger partial charge in [0.25, 0.3) is 11.9 Å². The predicted molar refractivity (Wildman–Crippen MR) is 66.2 cm³/mol. The van der Waals surface area contributed by atoms with Crippen LogP contribution in [0, 0.1) is 30.5 Å². The first kappa shape index (κ1) is 13.8. The Balaban J connectivity index is 2.46. The smallest absolute Gasteiger partial charge is 0.253 e. The highest BCUT2D eigenvalue weighted by atomic mass is 79.9. The van der Waals surface area contributed by atoms with E-state index < -0.39 is 29.2 Å². The largest absolute Gasteiger partial charge is 0.350 e. The lowest BCUT2D eigenvalue weighted by molar-refractivity contribution is 0.411. The summed E-state index contributed by atoms with van der Waals surface area (Å²) in [5, 5.41) is 2.29. The molecule has 0 spiro atoms. The summed E-state index contributed by atoms with van der Waals surface area (Å²) in [5.41, 5.74) is 0.264. The molecular formula is C12H7BrF4N2. The van der Waals surface area contributed by atoms with Gasteiger partial charge < -0.3 is 5.32 Å². The second kappa shape index (κ2) is 5.16. The lowest BCUT2D eigenvalue weighted by Crippen LogP contribution is -2.06. The molecule has 0 saturated heterocycles. The fourth-order valence-electron chi connectivity index (χ4n) is 1.41. The SMILES string of the molecule is Cc1ccc(Nc2c(F)c(F)nc(F)c2F)cc1Br. The van der Waals surface area contributed by atoms with Gasteiger partial charge in [-0.15, -0.1) is 0 Å². The van der Waals surface area contributed by atoms with Gasteiger partial charge in [-0.1, -0.05) is 22.0 Å². The Labute approximate surface area is 114 Å². The van der Waals surface area contributed by atoms with Crippen LogP contribution in [0.25, 0.3) is 0 Å². The molecular weight excluding hydrogens is 328 g/mol. The van der Waals surface area contributed by atoms with Crippen molar-refractivity contribution < 1.29 is 17.6 Å². The van der Waals surface area contributed by atoms with Crippen molar-refractivity contribution in [3.63, 3.8) is 0 Å². The highest BCUT2D eigenvalue weighted by Crippen LogP contribution is 2.28. The van der Waals surface area contributed by atoms with Crippen LogP contribution < -0.4 is 5.32 Å². The van der Waals surface area contributed by atoms with Gasteiger partial charge in [0.1, 0.15) is 5.69 Å². The van der Waals surface area contributed by atoms with Crippen LogP contribution in [0.5, 0.6) is 0 Å². The number of nitrogens with zero attached hydrogens (tertiary/aromatic N) is 1. The van der Waals surface area contributed by atoms with Crippen molar-refractivity contribution in [3.05, 3.63) is 51.8 Å². The van der Waals surface area contributed by atoms with Crippen LogP contribution in [0.15, 0.2) is 22.7 Å². The molecule has 1 aromatic carbocycles. The summed E-state index contributed by atoms with van der Waals surface area (Å²) >= 11 is 3.24. The Morgan fingerprint density at radius 3 is 2.16 bits per heavy atom. The summed E-state index contributed by atoms with van der Waals surface area (Å²) in [4.78, 5) is 2.47. The van der Waals surface area contributed by atoms with Crippen LogP contribution in [-0.4, -0.2) is 4.98 Å². The van der Waals surface area contributed by atoms with Crippen molar-refractivity contribution in [1.29, 1.82) is 0 Å². The molecule has 19 heavy (non-hydrogen) atoms. The van der Waals surface area contributed by atoms with Crippen molar-refractivity contribution in [2.75, 3.05) is 5.32 Å². The standard InChI is InChI=1S/C12H7BrF4N2/c1-5-2-3-6(4-7(5)13)18-10-8(14)11(16)19-12(17)9(10)15/h2-4H,1H3,(H,18,19). The van der Waals surface area contributed by atoms with E-state index in [-0.39, 0.29) is 5.69 Å². The number of rotatable bonds is 2. The number of hydrogen-bond donors (Lipinski definition) is 1. The summed E-state index contributed by atoms with van der Waals surface area (Å²) in [6.07, 6.45) is 0. The Bertz CT molecular complexity index is 620. The first-order valence-corrected chi connectivity index (χ1v) is 5.92. The Kier molecular flexibility index (Phi) is 3.75. The Morgan fingerprint density at radius 1 is 1.05 bits per heavy atom. The van der Waals surface area contributed by atoms with Crippen molar-refractivity contribution >= 4 is 27.3 Å². The quantitative estimate of drug-likeness (QED) is 0.648. The molecule has 0 atom stereocenters. The fourth-order valence-corrected chi connectivity index (χ4v) is 1.79. The highest BCUT2D eigenvalue weighted by Gasteiger charge is 2.20. The summed E-state index contributed by atoms with van der Waals surface area (Å²) in [7, 11) is 0. The van der Waals surface area contributed by atoms with Crippen LogP contribution in [0.4, 0.5) is 28.9 Å². The molecule has 0 saturated carbocycles. The lowest BCUT2D eigenvalue weighted by atomic mass is 10.2. The number of halogens is 5. The van der Waals surface area contributed by atoms with Gasteiger partial charge in [-0.2, -0.15) is 22.5 Å². The van der Waals surface area contributed by atoms with Gasteiger partial charge in [0, 0.05) is 10.2 Å². The molecule has 0 aliphatic rings. The molecule has 0 aliphatic heterocycles. The number of aryl methyl sites for hydroxylation is 1. The van der Waals surface area contributed by atoms with E-state index in [4.69, 9.17) is 0 Å². The number of aromatic nitrogens is 1. The van der Waals surface area contributed by atoms with Crippen molar-refractivity contribution in [2.24, 2.45) is 0 Å². The molecule has 0 fully saturated rings. The zero-order chi connectivity index (χ0) is 14.2. The van der Waals surface area contributed by atoms with Crippen LogP contribution >= 0.6 is 15.9 Å². The molecule has 2 rings (SSSR count). The van der Waals surface area contributed by atoms with Crippen LogP contribution in [0.3, 0.4) is 0 Å². The Morgan fingerprint density at radius 2 is 1.63 bits per heavy atom. The number of pyridine rings is 1. The highest BCUT2D eigenvalue weighted by molar-refractivity contribution is 9.10. The number of nitrogens with one attached hydrogen (secondary N) is 1. The maximum Gasteiger partial charge on any atom is 0.253 e. The average molecular weight is 335 g/mol. The van der Waals surface area contributed by atoms with Gasteiger partial charge in [-0.3, -0.25) is 0 Å². The van der Waals surface area contributed by atoms with Gasteiger partial charge in [-0.05, 0) is 24.6 Å². The molecule has 2 nitrogen and oxygen atoms in total. The van der Waals surface area contributed by atoms with Crippen molar-refractivity contribution in [1.82, 2.24) is 4.98 Å².